The van der Waals surface area contributed by atoms with Crippen molar-refractivity contribution in [2.75, 3.05) is 75.1 Å². The number of ether oxygens (including phenoxy) is 1. The van der Waals surface area contributed by atoms with E-state index in [1.54, 1.807) is 11.8 Å². The van der Waals surface area contributed by atoms with Crippen molar-refractivity contribution in [2.45, 2.75) is 279 Å². The fraction of sp³-hybridized carbons (Fsp3) is 0.836. The van der Waals surface area contributed by atoms with Crippen LogP contribution in [0.15, 0.2) is 0 Å². The van der Waals surface area contributed by atoms with Gasteiger partial charge in [-0.3, -0.25) is 57.5 Å². The minimum absolute atomic E-state index is 0.00182. The molecule has 5 aliphatic heterocycles. The molecule has 12 amide bonds. The Balaban J connectivity index is 1.08. The van der Waals surface area contributed by atoms with Crippen molar-refractivity contribution >= 4 is 82.5 Å². The van der Waals surface area contributed by atoms with Crippen LogP contribution >= 0.6 is 11.6 Å². The lowest BCUT2D eigenvalue weighted by Crippen LogP contribution is -2.65. The zero-order chi connectivity index (χ0) is 74.6. The minimum atomic E-state index is -4.51. The Kier molecular flexibility index (Phi) is 26.5. The summed E-state index contributed by atoms with van der Waals surface area (Å²) in [7, 11) is 8.80. The molecule has 0 aromatic heterocycles. The summed E-state index contributed by atoms with van der Waals surface area (Å²) in [5.74, 6) is -10.7. The molecule has 1 spiro atoms. The molecule has 4 saturated carbocycles. The standard InChI is InChI=1S/C73H114ClF3N12O13/c1-12-43(4)59-68(98)82(7)44(5)64(94)88-35-31-54(88)66(96)85(10)60(46-20-13-14-21-46)69(99)81(6)39-57(90)78-52(30-26-45-25-29-50(51(74)37-45)73(75,76)77)65(95)87-34-19-24-53(87)63(93)80-72(32-17-18-33-72)71(101)86(11)61(47-22-15-16-23-47)70(100)84(9)56(67(97)89-48-27-28-49(89)41-102-40-48)38-58(91)83(8)55(36-42(2)3)62(92)79-59/h42-56,59-61H,12-41H2,1-11H3,(H,78,90)(H,79,92)(H,80,93)/t43-,44-,45?,48?,49?,50?,51?,52-,53-,54-,55-,56-,59-,60-,61-/m0/s1. The summed E-state index contributed by atoms with van der Waals surface area (Å²) < 4.78 is 48.0. The average molecular weight is 1460 g/mol. The highest BCUT2D eigenvalue weighted by atomic mass is 35.5. The third kappa shape index (κ3) is 17.3. The summed E-state index contributed by atoms with van der Waals surface area (Å²) in [6.45, 7) is 9.07. The van der Waals surface area contributed by atoms with Gasteiger partial charge in [-0.05, 0) is 146 Å². The number of halogens is 4. The highest BCUT2D eigenvalue weighted by Crippen LogP contribution is 2.44. The monoisotopic (exact) mass is 1460 g/mol. The topological polar surface area (TPSA) is 279 Å². The van der Waals surface area contributed by atoms with Crippen molar-refractivity contribution in [3.05, 3.63) is 0 Å². The van der Waals surface area contributed by atoms with Crippen LogP contribution in [-0.2, 0) is 62.3 Å². The number of nitrogens with one attached hydrogen (secondary N) is 3. The molecule has 0 aromatic carbocycles. The van der Waals surface area contributed by atoms with Gasteiger partial charge in [0.05, 0.1) is 44.2 Å². The summed E-state index contributed by atoms with van der Waals surface area (Å²) in [4.78, 5) is 194. The molecule has 102 heavy (non-hydrogen) atoms. The van der Waals surface area contributed by atoms with Gasteiger partial charge in [0.25, 0.3) is 0 Å². The number of carbonyl (C=O) groups excluding carboxylic acids is 12. The van der Waals surface area contributed by atoms with Crippen LogP contribution in [0.5, 0.6) is 0 Å². The van der Waals surface area contributed by atoms with Gasteiger partial charge in [-0.2, -0.15) is 13.2 Å². The van der Waals surface area contributed by atoms with Crippen molar-refractivity contribution in [1.82, 2.24) is 60.0 Å². The van der Waals surface area contributed by atoms with Crippen LogP contribution in [0, 0.1) is 35.5 Å². The predicted molar refractivity (Wildman–Crippen MR) is 372 cm³/mol. The Morgan fingerprint density at radius 3 is 1.77 bits per heavy atom. The predicted octanol–water partition coefficient (Wildman–Crippen LogP) is 5.22. The smallest absolute Gasteiger partial charge is 0.377 e. The van der Waals surface area contributed by atoms with Gasteiger partial charge >= 0.3 is 6.18 Å². The second-order valence-electron chi connectivity index (χ2n) is 31.9. The van der Waals surface area contributed by atoms with E-state index in [0.717, 1.165) is 25.7 Å². The molecule has 4 aliphatic carbocycles. The third-order valence-corrected chi connectivity index (χ3v) is 25.3. The number of fused-ring (bicyclic) bond motifs is 4. The van der Waals surface area contributed by atoms with Gasteiger partial charge in [0.15, 0.2) is 0 Å². The fourth-order valence-corrected chi connectivity index (χ4v) is 18.6. The molecule has 2 bridgehead atoms. The number of amides is 12. The van der Waals surface area contributed by atoms with E-state index in [1.165, 1.54) is 88.4 Å². The number of carbonyl (C=O) groups is 12. The first-order valence-corrected chi connectivity index (χ1v) is 38.4. The highest BCUT2D eigenvalue weighted by Gasteiger charge is 2.54. The molecule has 0 radical (unpaired) electrons. The average Bonchev–Trinajstić information content (AvgIpc) is 1.40. The van der Waals surface area contributed by atoms with Crippen molar-refractivity contribution < 1.29 is 75.4 Å². The molecule has 9 aliphatic rings. The second-order valence-corrected chi connectivity index (χ2v) is 32.4. The molecule has 29 heteroatoms. The summed E-state index contributed by atoms with van der Waals surface area (Å²) >= 11 is 6.42. The molecule has 9 rings (SSSR count). The van der Waals surface area contributed by atoms with Crippen LogP contribution in [0.25, 0.3) is 0 Å². The zero-order valence-corrected chi connectivity index (χ0v) is 62.7. The molecule has 572 valence electrons. The van der Waals surface area contributed by atoms with E-state index < -0.39 is 173 Å². The number of morpholine rings is 1. The van der Waals surface area contributed by atoms with Crippen LogP contribution in [0.3, 0.4) is 0 Å². The molecular weight excluding hydrogens is 1350 g/mol. The molecule has 3 N–H and O–H groups in total. The summed E-state index contributed by atoms with van der Waals surface area (Å²) in [5.41, 5.74) is -1.56. The molecule has 5 unspecified atom stereocenters. The number of rotatable bonds is 10. The van der Waals surface area contributed by atoms with Crippen molar-refractivity contribution in [1.29, 1.82) is 0 Å². The van der Waals surface area contributed by atoms with E-state index in [1.807, 2.05) is 20.8 Å². The number of likely N-dealkylation sites (N-methyl/N-ethyl adjacent to an activating group) is 6. The fourth-order valence-electron chi connectivity index (χ4n) is 18.1. The van der Waals surface area contributed by atoms with Crippen molar-refractivity contribution in [2.24, 2.45) is 35.5 Å². The van der Waals surface area contributed by atoms with Gasteiger partial charge in [0, 0.05) is 60.8 Å². The molecule has 9 fully saturated rings. The summed E-state index contributed by atoms with van der Waals surface area (Å²) in [6.07, 6.45) is 4.28. The minimum Gasteiger partial charge on any atom is -0.377 e. The third-order valence-electron chi connectivity index (χ3n) is 24.8. The molecule has 15 atom stereocenters. The number of nitrogens with zero attached hydrogens (tertiary/aromatic N) is 9. The van der Waals surface area contributed by atoms with Crippen LogP contribution in [-0.4, -0.2) is 274 Å². The number of hydrogen-bond acceptors (Lipinski definition) is 13. The van der Waals surface area contributed by atoms with Crippen LogP contribution < -0.4 is 16.0 Å². The van der Waals surface area contributed by atoms with E-state index in [-0.39, 0.29) is 120 Å². The first-order valence-electron chi connectivity index (χ1n) is 37.9. The van der Waals surface area contributed by atoms with E-state index in [2.05, 4.69) is 16.0 Å². The lowest BCUT2D eigenvalue weighted by molar-refractivity contribution is -0.182. The highest BCUT2D eigenvalue weighted by molar-refractivity contribution is 6.21. The van der Waals surface area contributed by atoms with Gasteiger partial charge in [-0.1, -0.05) is 72.6 Å². The maximum absolute atomic E-state index is 15.9. The van der Waals surface area contributed by atoms with Gasteiger partial charge in [0.2, 0.25) is 70.9 Å². The van der Waals surface area contributed by atoms with Gasteiger partial charge in [-0.15, -0.1) is 11.6 Å². The van der Waals surface area contributed by atoms with Crippen molar-refractivity contribution in [3.63, 3.8) is 0 Å². The van der Waals surface area contributed by atoms with Crippen LogP contribution in [0.2, 0.25) is 0 Å². The number of hydrogen-bond donors (Lipinski definition) is 3. The molecule has 5 saturated heterocycles. The van der Waals surface area contributed by atoms with Gasteiger partial charge < -0.3 is 64.8 Å². The Bertz CT molecular complexity index is 3080. The first-order chi connectivity index (χ1) is 48.2. The SMILES string of the molecule is CC[C@H](C)[C@@H]1NC(=O)[C@H](CC(C)C)N(C)C(=O)C[C@@H](C(=O)N2C3CCC2COC3)N(C)C(=O)[C@H](C2CCCC2)N(C)C(=O)C2(CCCC2)NC(=O)[C@@H]2CCCN2C(=O)[C@H](CCC2CCC(C(F)(F)F)C(Cl)C2)NC(=O)CN(C)C(=O)[C@H](C2CCCC2)N(C)C(=O)[C@@H]2CCN2C(=O)[C@H](C)N(C)C1=O. The van der Waals surface area contributed by atoms with E-state index in [0.29, 0.717) is 64.2 Å². The molecular formula is C73H114ClF3N12O13. The second kappa shape index (κ2) is 33.8. The lowest BCUT2D eigenvalue weighted by atomic mass is 9.78. The van der Waals surface area contributed by atoms with Crippen molar-refractivity contribution in [3.8, 4) is 0 Å². The van der Waals surface area contributed by atoms with E-state index >= 15 is 33.6 Å². The lowest BCUT2D eigenvalue weighted by Gasteiger charge is -2.45. The largest absolute Gasteiger partial charge is 0.393 e. The zero-order valence-electron chi connectivity index (χ0n) is 61.9. The Morgan fingerprint density at radius 1 is 0.618 bits per heavy atom. The molecule has 25 nitrogen and oxygen atoms in total. The molecule has 0 aromatic rings. The molecule has 5 heterocycles. The Morgan fingerprint density at radius 2 is 1.22 bits per heavy atom. The first kappa shape index (κ1) is 79.8. The number of alkyl halides is 4. The van der Waals surface area contributed by atoms with Crippen LogP contribution in [0.4, 0.5) is 13.2 Å². The Labute approximate surface area is 604 Å². The van der Waals surface area contributed by atoms with Gasteiger partial charge in [0.1, 0.15) is 59.9 Å². The summed E-state index contributed by atoms with van der Waals surface area (Å²) in [6, 6.07) is -11.4. The Hall–Kier alpha value is -6.32. The maximum Gasteiger partial charge on any atom is 0.393 e. The summed E-state index contributed by atoms with van der Waals surface area (Å²) in [5, 5.41) is 7.69. The quantitative estimate of drug-likeness (QED) is 0.237. The van der Waals surface area contributed by atoms with Gasteiger partial charge in [-0.25, -0.2) is 0 Å². The van der Waals surface area contributed by atoms with E-state index in [4.69, 9.17) is 16.3 Å². The van der Waals surface area contributed by atoms with E-state index in [9.17, 15) is 37.1 Å². The van der Waals surface area contributed by atoms with Crippen LogP contribution in [0.1, 0.15) is 195 Å². The maximum atomic E-state index is 15.9. The normalized spacial score (nSPS) is 33.3.